The summed E-state index contributed by atoms with van der Waals surface area (Å²) in [7, 11) is 1.91. The highest BCUT2D eigenvalue weighted by molar-refractivity contribution is 5.80. The topological polar surface area (TPSA) is 74.0 Å². The SMILES string of the molecule is C=Cc1c(CC(N)C(N)=O)cn(C)c1C=C. The first-order valence-corrected chi connectivity index (χ1v) is 4.99. The smallest absolute Gasteiger partial charge is 0.234 e. The van der Waals surface area contributed by atoms with Crippen LogP contribution in [0.4, 0.5) is 0 Å². The van der Waals surface area contributed by atoms with E-state index in [1.165, 1.54) is 0 Å². The molecule has 0 radical (unpaired) electrons. The van der Waals surface area contributed by atoms with E-state index in [1.807, 2.05) is 17.8 Å². The van der Waals surface area contributed by atoms with E-state index in [1.54, 1.807) is 12.2 Å². The second kappa shape index (κ2) is 4.81. The average Bonchev–Trinajstić information content (AvgIpc) is 2.53. The predicted molar refractivity (Wildman–Crippen MR) is 66.5 cm³/mol. The molecule has 0 aliphatic carbocycles. The van der Waals surface area contributed by atoms with Crippen LogP contribution in [0.2, 0.25) is 0 Å². The molecular formula is C12H17N3O. The number of aromatic nitrogens is 1. The Morgan fingerprint density at radius 2 is 2.19 bits per heavy atom. The van der Waals surface area contributed by atoms with Gasteiger partial charge in [0.2, 0.25) is 5.91 Å². The van der Waals surface area contributed by atoms with Crippen molar-refractivity contribution in [3.05, 3.63) is 36.2 Å². The molecular weight excluding hydrogens is 202 g/mol. The quantitative estimate of drug-likeness (QED) is 0.763. The van der Waals surface area contributed by atoms with Gasteiger partial charge in [0, 0.05) is 24.5 Å². The van der Waals surface area contributed by atoms with Gasteiger partial charge in [-0.25, -0.2) is 0 Å². The zero-order valence-corrected chi connectivity index (χ0v) is 9.44. The number of carbonyl (C=O) groups is 1. The number of primary amides is 1. The molecule has 1 atom stereocenters. The van der Waals surface area contributed by atoms with Gasteiger partial charge in [-0.2, -0.15) is 0 Å². The summed E-state index contributed by atoms with van der Waals surface area (Å²) in [6, 6.07) is -0.668. The molecule has 0 aromatic carbocycles. The first kappa shape index (κ1) is 12.3. The molecule has 0 spiro atoms. The highest BCUT2D eigenvalue weighted by Crippen LogP contribution is 2.20. The molecule has 16 heavy (non-hydrogen) atoms. The molecule has 0 fully saturated rings. The molecule has 4 heteroatoms. The van der Waals surface area contributed by atoms with Crippen molar-refractivity contribution in [1.82, 2.24) is 4.57 Å². The lowest BCUT2D eigenvalue weighted by atomic mass is 10.0. The van der Waals surface area contributed by atoms with Crippen molar-refractivity contribution in [2.75, 3.05) is 0 Å². The Bertz CT molecular complexity index is 432. The fourth-order valence-electron chi connectivity index (χ4n) is 1.72. The van der Waals surface area contributed by atoms with Gasteiger partial charge >= 0.3 is 0 Å². The van der Waals surface area contributed by atoms with Gasteiger partial charge in [0.05, 0.1) is 6.04 Å². The Balaban J connectivity index is 3.09. The summed E-state index contributed by atoms with van der Waals surface area (Å²) in [5.41, 5.74) is 13.6. The van der Waals surface area contributed by atoms with Crippen LogP contribution in [0.3, 0.4) is 0 Å². The van der Waals surface area contributed by atoms with Gasteiger partial charge in [0.25, 0.3) is 0 Å². The van der Waals surface area contributed by atoms with Crippen LogP contribution in [0, 0.1) is 0 Å². The summed E-state index contributed by atoms with van der Waals surface area (Å²) in [5.74, 6) is -0.501. The molecule has 1 rings (SSSR count). The summed E-state index contributed by atoms with van der Waals surface area (Å²) >= 11 is 0. The van der Waals surface area contributed by atoms with E-state index in [9.17, 15) is 4.79 Å². The van der Waals surface area contributed by atoms with Crippen molar-refractivity contribution >= 4 is 18.1 Å². The maximum atomic E-state index is 10.9. The lowest BCUT2D eigenvalue weighted by Crippen LogP contribution is -2.38. The summed E-state index contributed by atoms with van der Waals surface area (Å²) in [6.45, 7) is 7.48. The zero-order valence-electron chi connectivity index (χ0n) is 9.44. The highest BCUT2D eigenvalue weighted by Gasteiger charge is 2.15. The maximum absolute atomic E-state index is 10.9. The third kappa shape index (κ3) is 2.23. The van der Waals surface area contributed by atoms with Crippen LogP contribution in [0.1, 0.15) is 16.8 Å². The minimum Gasteiger partial charge on any atom is -0.368 e. The van der Waals surface area contributed by atoms with Crippen molar-refractivity contribution in [3.8, 4) is 0 Å². The molecule has 4 N–H and O–H groups in total. The van der Waals surface area contributed by atoms with E-state index in [-0.39, 0.29) is 0 Å². The lowest BCUT2D eigenvalue weighted by molar-refractivity contribution is -0.119. The van der Waals surface area contributed by atoms with Crippen LogP contribution in [-0.2, 0) is 18.3 Å². The molecule has 0 aliphatic rings. The fourth-order valence-corrected chi connectivity index (χ4v) is 1.72. The molecule has 0 aliphatic heterocycles. The van der Waals surface area contributed by atoms with E-state index in [4.69, 9.17) is 11.5 Å². The predicted octanol–water partition coefficient (Wildman–Crippen LogP) is 0.666. The number of aryl methyl sites for hydroxylation is 1. The van der Waals surface area contributed by atoms with Crippen LogP contribution in [0.15, 0.2) is 19.4 Å². The third-order valence-electron chi connectivity index (χ3n) is 2.55. The Labute approximate surface area is 95.2 Å². The summed E-state index contributed by atoms with van der Waals surface area (Å²) in [5, 5.41) is 0. The van der Waals surface area contributed by atoms with Crippen LogP contribution in [0.5, 0.6) is 0 Å². The van der Waals surface area contributed by atoms with Crippen LogP contribution < -0.4 is 11.5 Å². The molecule has 0 saturated heterocycles. The number of nitrogens with zero attached hydrogens (tertiary/aromatic N) is 1. The van der Waals surface area contributed by atoms with Gasteiger partial charge < -0.3 is 16.0 Å². The van der Waals surface area contributed by atoms with Gasteiger partial charge in [0.15, 0.2) is 0 Å². The number of nitrogens with two attached hydrogens (primary N) is 2. The summed E-state index contributed by atoms with van der Waals surface area (Å²) < 4.78 is 1.92. The number of hydrogen-bond donors (Lipinski definition) is 2. The summed E-state index contributed by atoms with van der Waals surface area (Å²) in [4.78, 5) is 10.9. The third-order valence-corrected chi connectivity index (χ3v) is 2.55. The second-order valence-corrected chi connectivity index (χ2v) is 3.69. The standard InChI is InChI=1S/C12H17N3O/c1-4-9-8(6-10(13)12(14)16)7-15(3)11(9)5-2/h4-5,7,10H,1-2,6,13H2,3H3,(H2,14,16). The van der Waals surface area contributed by atoms with E-state index in [0.717, 1.165) is 16.8 Å². The molecule has 1 unspecified atom stereocenters. The minimum absolute atomic E-state index is 0.415. The zero-order chi connectivity index (χ0) is 12.3. The van der Waals surface area contributed by atoms with E-state index in [0.29, 0.717) is 6.42 Å². The maximum Gasteiger partial charge on any atom is 0.234 e. The van der Waals surface area contributed by atoms with Crippen LogP contribution >= 0.6 is 0 Å². The Kier molecular flexibility index (Phi) is 3.68. The fraction of sp³-hybridized carbons (Fsp3) is 0.250. The van der Waals surface area contributed by atoms with Crippen molar-refractivity contribution < 1.29 is 4.79 Å². The summed E-state index contributed by atoms with van der Waals surface area (Å²) in [6.07, 6.45) is 5.81. The van der Waals surface area contributed by atoms with Crippen LogP contribution in [0.25, 0.3) is 12.2 Å². The second-order valence-electron chi connectivity index (χ2n) is 3.69. The molecule has 1 heterocycles. The molecule has 1 aromatic heterocycles. The largest absolute Gasteiger partial charge is 0.368 e. The van der Waals surface area contributed by atoms with Crippen molar-refractivity contribution in [3.63, 3.8) is 0 Å². The first-order valence-electron chi connectivity index (χ1n) is 4.99. The lowest BCUT2D eigenvalue weighted by Gasteiger charge is -2.06. The van der Waals surface area contributed by atoms with Gasteiger partial charge in [-0.15, -0.1) is 0 Å². The van der Waals surface area contributed by atoms with Gasteiger partial charge in [-0.3, -0.25) is 4.79 Å². The Morgan fingerprint density at radius 1 is 1.56 bits per heavy atom. The van der Waals surface area contributed by atoms with Crippen molar-refractivity contribution in [2.45, 2.75) is 12.5 Å². The number of rotatable bonds is 5. The number of carbonyl (C=O) groups excluding carboxylic acids is 1. The molecule has 0 saturated carbocycles. The molecule has 86 valence electrons. The first-order chi connectivity index (χ1) is 7.51. The van der Waals surface area contributed by atoms with Crippen LogP contribution in [-0.4, -0.2) is 16.5 Å². The van der Waals surface area contributed by atoms with E-state index in [2.05, 4.69) is 13.2 Å². The number of hydrogen-bond acceptors (Lipinski definition) is 2. The van der Waals surface area contributed by atoms with Gasteiger partial charge in [-0.1, -0.05) is 19.2 Å². The minimum atomic E-state index is -0.668. The highest BCUT2D eigenvalue weighted by atomic mass is 16.1. The van der Waals surface area contributed by atoms with E-state index >= 15 is 0 Å². The van der Waals surface area contributed by atoms with Gasteiger partial charge in [-0.05, 0) is 18.1 Å². The monoisotopic (exact) mass is 219 g/mol. The van der Waals surface area contributed by atoms with Crippen molar-refractivity contribution in [2.24, 2.45) is 18.5 Å². The average molecular weight is 219 g/mol. The Hall–Kier alpha value is -1.81. The normalized spacial score (nSPS) is 12.1. The molecule has 4 nitrogen and oxygen atoms in total. The molecule has 1 amide bonds. The Morgan fingerprint density at radius 3 is 2.62 bits per heavy atom. The number of amides is 1. The molecule has 0 bridgehead atoms. The van der Waals surface area contributed by atoms with E-state index < -0.39 is 11.9 Å². The van der Waals surface area contributed by atoms with Gasteiger partial charge in [0.1, 0.15) is 0 Å². The van der Waals surface area contributed by atoms with Crippen molar-refractivity contribution in [1.29, 1.82) is 0 Å². The molecule has 1 aromatic rings.